The Bertz CT molecular complexity index is 109. The highest BCUT2D eigenvalue weighted by atomic mass is 16.3. The summed E-state index contributed by atoms with van der Waals surface area (Å²) in [5.74, 6) is -0.294. The molecule has 2 N–H and O–H groups in total. The Hall–Kier alpha value is -0.410. The number of hydrogen-bond donors (Lipinski definition) is 2. The lowest BCUT2D eigenvalue weighted by Crippen LogP contribution is -2.22. The van der Waals surface area contributed by atoms with Crippen LogP contribution in [-0.2, 0) is 4.79 Å². The molecule has 0 aliphatic rings. The van der Waals surface area contributed by atoms with E-state index in [9.17, 15) is 4.79 Å². The van der Waals surface area contributed by atoms with Gasteiger partial charge in [-0.2, -0.15) is 0 Å². The average molecular weight is 146 g/mol. The summed E-state index contributed by atoms with van der Waals surface area (Å²) in [6.45, 7) is 2.89. The molecule has 0 radical (unpaired) electrons. The van der Waals surface area contributed by atoms with Gasteiger partial charge in [0.1, 0.15) is 5.78 Å². The largest absolute Gasteiger partial charge is 0.396 e. The molecule has 0 aromatic rings. The van der Waals surface area contributed by atoms with Crippen LogP contribution in [0, 0.1) is 5.92 Å². The zero-order chi connectivity index (χ0) is 8.15. The second kappa shape index (κ2) is 4.41. The number of carbonyl (C=O) groups is 1. The summed E-state index contributed by atoms with van der Waals surface area (Å²) in [4.78, 5) is 10.5. The van der Waals surface area contributed by atoms with E-state index in [1.807, 2.05) is 0 Å². The monoisotopic (exact) mass is 146 g/mol. The molecule has 0 aromatic carbocycles. The maximum Gasteiger partial charge on any atom is 0.130 e. The highest BCUT2D eigenvalue weighted by molar-refractivity contribution is 5.75. The topological polar surface area (TPSA) is 57.5 Å². The SMILES string of the molecule is CC(=O)CC(CO)C(C)O. The second-order valence-electron chi connectivity index (χ2n) is 2.59. The normalized spacial score (nSPS) is 16.4. The minimum Gasteiger partial charge on any atom is -0.396 e. The molecular formula is C7H14O3. The van der Waals surface area contributed by atoms with E-state index in [4.69, 9.17) is 10.2 Å². The summed E-state index contributed by atoms with van der Waals surface area (Å²) in [5, 5.41) is 17.6. The molecule has 0 aliphatic carbocycles. The van der Waals surface area contributed by atoms with Gasteiger partial charge in [-0.15, -0.1) is 0 Å². The molecule has 10 heavy (non-hydrogen) atoms. The molecular weight excluding hydrogens is 132 g/mol. The maximum absolute atomic E-state index is 10.5. The molecule has 0 amide bonds. The molecule has 0 heterocycles. The summed E-state index contributed by atoms with van der Waals surface area (Å²) < 4.78 is 0. The van der Waals surface area contributed by atoms with Gasteiger partial charge in [0.25, 0.3) is 0 Å². The van der Waals surface area contributed by atoms with E-state index in [1.165, 1.54) is 6.92 Å². The highest BCUT2D eigenvalue weighted by Gasteiger charge is 2.15. The third kappa shape index (κ3) is 3.58. The smallest absolute Gasteiger partial charge is 0.130 e. The van der Waals surface area contributed by atoms with Crippen LogP contribution >= 0.6 is 0 Å². The molecule has 2 atom stereocenters. The van der Waals surface area contributed by atoms with Crippen molar-refractivity contribution in [1.29, 1.82) is 0 Å². The summed E-state index contributed by atoms with van der Waals surface area (Å²) in [5.41, 5.74) is 0. The fourth-order valence-electron chi connectivity index (χ4n) is 0.757. The van der Waals surface area contributed by atoms with E-state index in [2.05, 4.69) is 0 Å². The van der Waals surface area contributed by atoms with Crippen LogP contribution in [0.2, 0.25) is 0 Å². The Morgan fingerprint density at radius 2 is 2.10 bits per heavy atom. The van der Waals surface area contributed by atoms with E-state index in [1.54, 1.807) is 6.92 Å². The molecule has 0 rings (SSSR count). The maximum atomic E-state index is 10.5. The third-order valence-corrected chi connectivity index (χ3v) is 1.47. The Labute approximate surface area is 60.7 Å². The van der Waals surface area contributed by atoms with E-state index in [0.29, 0.717) is 0 Å². The van der Waals surface area contributed by atoms with Gasteiger partial charge in [0.2, 0.25) is 0 Å². The van der Waals surface area contributed by atoms with E-state index >= 15 is 0 Å². The number of hydrogen-bond acceptors (Lipinski definition) is 3. The number of carbonyl (C=O) groups excluding carboxylic acids is 1. The van der Waals surface area contributed by atoms with Crippen LogP contribution in [0.5, 0.6) is 0 Å². The van der Waals surface area contributed by atoms with Crippen LogP contribution in [-0.4, -0.2) is 28.7 Å². The first-order chi connectivity index (χ1) is 4.57. The Kier molecular flexibility index (Phi) is 4.23. The Balaban J connectivity index is 3.71. The van der Waals surface area contributed by atoms with Crippen molar-refractivity contribution in [1.82, 2.24) is 0 Å². The average Bonchev–Trinajstić information content (AvgIpc) is 1.81. The fraction of sp³-hybridized carbons (Fsp3) is 0.857. The van der Waals surface area contributed by atoms with Crippen molar-refractivity contribution in [3.8, 4) is 0 Å². The van der Waals surface area contributed by atoms with Gasteiger partial charge in [-0.05, 0) is 13.8 Å². The fourth-order valence-corrected chi connectivity index (χ4v) is 0.757. The van der Waals surface area contributed by atoms with Crippen LogP contribution < -0.4 is 0 Å². The minimum absolute atomic E-state index is 0.0000463. The van der Waals surface area contributed by atoms with E-state index < -0.39 is 6.10 Å². The van der Waals surface area contributed by atoms with Gasteiger partial charge >= 0.3 is 0 Å². The van der Waals surface area contributed by atoms with Gasteiger partial charge in [-0.3, -0.25) is 0 Å². The van der Waals surface area contributed by atoms with Crippen molar-refractivity contribution >= 4 is 5.78 Å². The lowest BCUT2D eigenvalue weighted by atomic mass is 9.99. The molecule has 0 bridgehead atoms. The summed E-state index contributed by atoms with van der Waals surface area (Å²) in [6, 6.07) is 0. The zero-order valence-electron chi connectivity index (χ0n) is 6.37. The molecule has 0 fully saturated rings. The van der Waals surface area contributed by atoms with Gasteiger partial charge < -0.3 is 15.0 Å². The first-order valence-corrected chi connectivity index (χ1v) is 3.36. The predicted octanol–water partition coefficient (Wildman–Crippen LogP) is -0.0452. The van der Waals surface area contributed by atoms with Crippen LogP contribution in [0.25, 0.3) is 0 Å². The summed E-state index contributed by atoms with van der Waals surface area (Å²) in [6.07, 6.45) is -0.345. The molecule has 0 aromatic heterocycles. The van der Waals surface area contributed by atoms with Gasteiger partial charge in [-0.1, -0.05) is 0 Å². The van der Waals surface area contributed by atoms with Crippen molar-refractivity contribution < 1.29 is 15.0 Å². The van der Waals surface area contributed by atoms with Gasteiger partial charge in [0, 0.05) is 18.9 Å². The third-order valence-electron chi connectivity index (χ3n) is 1.47. The zero-order valence-corrected chi connectivity index (χ0v) is 6.37. The van der Waals surface area contributed by atoms with Crippen molar-refractivity contribution in [2.24, 2.45) is 5.92 Å². The highest BCUT2D eigenvalue weighted by Crippen LogP contribution is 2.07. The number of ketones is 1. The number of aliphatic hydroxyl groups is 2. The van der Waals surface area contributed by atoms with Crippen LogP contribution in [0.15, 0.2) is 0 Å². The van der Waals surface area contributed by atoms with E-state index in [-0.39, 0.29) is 24.7 Å². The summed E-state index contributed by atoms with van der Waals surface area (Å²) >= 11 is 0. The molecule has 0 aliphatic heterocycles. The Morgan fingerprint density at radius 1 is 1.60 bits per heavy atom. The minimum atomic E-state index is -0.603. The van der Waals surface area contributed by atoms with Crippen LogP contribution in [0.1, 0.15) is 20.3 Å². The molecule has 60 valence electrons. The number of Topliss-reactive ketones (excluding diaryl/α,β-unsaturated/α-hetero) is 1. The van der Waals surface area contributed by atoms with Crippen LogP contribution in [0.3, 0.4) is 0 Å². The van der Waals surface area contributed by atoms with E-state index in [0.717, 1.165) is 0 Å². The molecule has 3 heteroatoms. The van der Waals surface area contributed by atoms with Gasteiger partial charge in [-0.25, -0.2) is 0 Å². The molecule has 2 unspecified atom stereocenters. The van der Waals surface area contributed by atoms with Crippen molar-refractivity contribution in [2.75, 3.05) is 6.61 Å². The van der Waals surface area contributed by atoms with Crippen molar-refractivity contribution in [3.05, 3.63) is 0 Å². The quantitative estimate of drug-likeness (QED) is 0.585. The lowest BCUT2D eigenvalue weighted by Gasteiger charge is -2.14. The van der Waals surface area contributed by atoms with Crippen molar-refractivity contribution in [3.63, 3.8) is 0 Å². The molecule has 0 saturated carbocycles. The van der Waals surface area contributed by atoms with Gasteiger partial charge in [0.15, 0.2) is 0 Å². The van der Waals surface area contributed by atoms with Crippen molar-refractivity contribution in [2.45, 2.75) is 26.4 Å². The molecule has 3 nitrogen and oxygen atoms in total. The first-order valence-electron chi connectivity index (χ1n) is 3.36. The predicted molar refractivity (Wildman–Crippen MR) is 37.6 cm³/mol. The molecule has 0 spiro atoms. The van der Waals surface area contributed by atoms with Crippen LogP contribution in [0.4, 0.5) is 0 Å². The van der Waals surface area contributed by atoms with Gasteiger partial charge in [0.05, 0.1) is 6.10 Å². The number of rotatable bonds is 4. The lowest BCUT2D eigenvalue weighted by molar-refractivity contribution is -0.119. The number of aliphatic hydroxyl groups excluding tert-OH is 2. The standard InChI is InChI=1S/C7H14O3/c1-5(9)3-7(4-8)6(2)10/h6-8,10H,3-4H2,1-2H3. The second-order valence-corrected chi connectivity index (χ2v) is 2.59. The summed E-state index contributed by atoms with van der Waals surface area (Å²) in [7, 11) is 0. The Morgan fingerprint density at radius 3 is 2.20 bits per heavy atom. The molecule has 0 saturated heterocycles. The first kappa shape index (κ1) is 9.59.